The Morgan fingerprint density at radius 1 is 1.53 bits per heavy atom. The van der Waals surface area contributed by atoms with E-state index in [2.05, 4.69) is 10.2 Å². The van der Waals surface area contributed by atoms with Gasteiger partial charge in [0.25, 0.3) is 0 Å². The smallest absolute Gasteiger partial charge is 0.318 e. The number of hydrogen-bond donors (Lipinski definition) is 1. The molecule has 0 bridgehead atoms. The zero-order valence-corrected chi connectivity index (χ0v) is 10.4. The molecular weight excluding hydrogens is 244 g/mol. The van der Waals surface area contributed by atoms with E-state index in [0.29, 0.717) is 25.0 Å². The Morgan fingerprint density at radius 2 is 2.18 bits per heavy atom. The summed E-state index contributed by atoms with van der Waals surface area (Å²) in [5, 5.41) is 7.51. The maximum Gasteiger partial charge on any atom is 0.318 e. The first-order valence-corrected chi connectivity index (χ1v) is 6.03. The molecule has 0 radical (unpaired) electrons. The molecule has 1 fully saturated rings. The lowest BCUT2D eigenvalue weighted by atomic mass is 9.97. The zero-order chi connectivity index (χ0) is 12.4. The topological polar surface area (TPSA) is 85.3 Å². The van der Waals surface area contributed by atoms with Crippen LogP contribution >= 0.6 is 11.6 Å². The number of piperidine rings is 1. The summed E-state index contributed by atoms with van der Waals surface area (Å²) in [7, 11) is 0. The summed E-state index contributed by atoms with van der Waals surface area (Å²) in [5.74, 6) is 0.143. The first-order valence-electron chi connectivity index (χ1n) is 5.59. The van der Waals surface area contributed by atoms with Gasteiger partial charge >= 0.3 is 6.01 Å². The number of nitrogens with two attached hydrogens (primary N) is 1. The first-order chi connectivity index (χ1) is 8.08. The Bertz CT molecular complexity index is 399. The number of nitrogens with zero attached hydrogens (tertiary/aromatic N) is 3. The molecule has 0 spiro atoms. The largest absolute Gasteiger partial charge is 0.406 e. The number of carbonyl (C=O) groups excluding carboxylic acids is 1. The van der Waals surface area contributed by atoms with Crippen LogP contribution in [-0.4, -0.2) is 29.2 Å². The number of anilines is 1. The fourth-order valence-electron chi connectivity index (χ4n) is 1.87. The third-order valence-electron chi connectivity index (χ3n) is 2.94. The molecule has 0 aromatic carbocycles. The highest BCUT2D eigenvalue weighted by atomic mass is 35.5. The predicted octanol–water partition coefficient (Wildman–Crippen LogP) is 1.07. The number of alkyl halides is 1. The molecule has 6 nitrogen and oxygen atoms in total. The number of carbonyl (C=O) groups is 1. The zero-order valence-electron chi connectivity index (χ0n) is 9.60. The molecular formula is C10H15ClN4O2. The van der Waals surface area contributed by atoms with Crippen molar-refractivity contribution in [3.63, 3.8) is 0 Å². The summed E-state index contributed by atoms with van der Waals surface area (Å²) < 4.78 is 5.44. The summed E-state index contributed by atoms with van der Waals surface area (Å²) >= 11 is 5.84. The molecule has 2 N–H and O–H groups in total. The van der Waals surface area contributed by atoms with Crippen LogP contribution < -0.4 is 10.6 Å². The summed E-state index contributed by atoms with van der Waals surface area (Å²) in [6.45, 7) is 3.18. The van der Waals surface area contributed by atoms with Crippen LogP contribution in [-0.2, 0) is 4.79 Å². The molecule has 1 aromatic rings. The summed E-state index contributed by atoms with van der Waals surface area (Å²) in [5.41, 5.74) is 5.27. The lowest BCUT2D eigenvalue weighted by molar-refractivity contribution is -0.122. The van der Waals surface area contributed by atoms with E-state index in [4.69, 9.17) is 21.8 Å². The number of halogens is 1. The van der Waals surface area contributed by atoms with E-state index >= 15 is 0 Å². The van der Waals surface area contributed by atoms with E-state index in [-0.39, 0.29) is 17.2 Å². The van der Waals surface area contributed by atoms with E-state index in [0.717, 1.165) is 12.8 Å². The molecule has 1 aliphatic rings. The lowest BCUT2D eigenvalue weighted by Crippen LogP contribution is -2.38. The van der Waals surface area contributed by atoms with Crippen molar-refractivity contribution in [3.8, 4) is 0 Å². The van der Waals surface area contributed by atoms with Gasteiger partial charge in [-0.2, -0.15) is 0 Å². The van der Waals surface area contributed by atoms with E-state index in [1.807, 2.05) is 4.90 Å². The summed E-state index contributed by atoms with van der Waals surface area (Å²) in [6.07, 6.45) is 1.45. The molecule has 1 aromatic heterocycles. The van der Waals surface area contributed by atoms with Crippen LogP contribution in [0, 0.1) is 5.92 Å². The van der Waals surface area contributed by atoms with Gasteiger partial charge in [-0.1, -0.05) is 5.10 Å². The van der Waals surface area contributed by atoms with Gasteiger partial charge in [0.05, 0.1) is 0 Å². The van der Waals surface area contributed by atoms with Crippen molar-refractivity contribution in [1.82, 2.24) is 10.2 Å². The average molecular weight is 259 g/mol. The van der Waals surface area contributed by atoms with Gasteiger partial charge in [-0.25, -0.2) is 0 Å². The van der Waals surface area contributed by atoms with Crippen LogP contribution in [0.3, 0.4) is 0 Å². The molecule has 0 saturated carbocycles. The van der Waals surface area contributed by atoms with Crippen LogP contribution in [0.2, 0.25) is 0 Å². The molecule has 1 saturated heterocycles. The van der Waals surface area contributed by atoms with Crippen molar-refractivity contribution < 1.29 is 9.21 Å². The molecule has 2 rings (SSSR count). The second-order valence-corrected chi connectivity index (χ2v) is 4.86. The normalized spacial score (nSPS) is 19.3. The highest BCUT2D eigenvalue weighted by Crippen LogP contribution is 2.25. The van der Waals surface area contributed by atoms with E-state index in [1.165, 1.54) is 0 Å². The quantitative estimate of drug-likeness (QED) is 0.820. The molecule has 2 heterocycles. The fourth-order valence-corrected chi connectivity index (χ4v) is 1.96. The van der Waals surface area contributed by atoms with Crippen molar-refractivity contribution in [2.24, 2.45) is 11.7 Å². The fraction of sp³-hybridized carbons (Fsp3) is 0.700. The Hall–Kier alpha value is -1.30. The minimum Gasteiger partial charge on any atom is -0.406 e. The molecule has 1 aliphatic heterocycles. The van der Waals surface area contributed by atoms with E-state index in [9.17, 15) is 4.79 Å². The van der Waals surface area contributed by atoms with Crippen molar-refractivity contribution in [3.05, 3.63) is 5.89 Å². The summed E-state index contributed by atoms with van der Waals surface area (Å²) in [4.78, 5) is 13.0. The molecule has 7 heteroatoms. The van der Waals surface area contributed by atoms with Gasteiger partial charge in [0, 0.05) is 19.0 Å². The highest BCUT2D eigenvalue weighted by molar-refractivity contribution is 6.20. The van der Waals surface area contributed by atoms with Gasteiger partial charge in [0.15, 0.2) is 0 Å². The van der Waals surface area contributed by atoms with Crippen LogP contribution in [0.15, 0.2) is 4.42 Å². The standard InChI is InChI=1S/C10H15ClN4O2/c1-6(11)9-13-14-10(17-9)15-4-2-7(3-5-15)8(12)16/h6-7H,2-5H2,1H3,(H2,12,16). The van der Waals surface area contributed by atoms with Crippen molar-refractivity contribution in [2.75, 3.05) is 18.0 Å². The van der Waals surface area contributed by atoms with Gasteiger partial charge in [0.2, 0.25) is 11.8 Å². The maximum atomic E-state index is 11.0. The number of rotatable bonds is 3. The van der Waals surface area contributed by atoms with Gasteiger partial charge in [-0.05, 0) is 19.8 Å². The average Bonchev–Trinajstić information content (AvgIpc) is 2.78. The molecule has 0 aliphatic carbocycles. The van der Waals surface area contributed by atoms with Crippen LogP contribution in [0.5, 0.6) is 0 Å². The van der Waals surface area contributed by atoms with Gasteiger partial charge in [-0.15, -0.1) is 16.7 Å². The number of primary amides is 1. The number of hydrogen-bond acceptors (Lipinski definition) is 5. The second kappa shape index (κ2) is 4.91. The lowest BCUT2D eigenvalue weighted by Gasteiger charge is -2.28. The van der Waals surface area contributed by atoms with E-state index < -0.39 is 0 Å². The third kappa shape index (κ3) is 2.69. The molecule has 1 amide bonds. The third-order valence-corrected chi connectivity index (χ3v) is 3.12. The van der Waals surface area contributed by atoms with Gasteiger partial charge in [0.1, 0.15) is 5.38 Å². The highest BCUT2D eigenvalue weighted by Gasteiger charge is 2.26. The van der Waals surface area contributed by atoms with Gasteiger partial charge in [-0.3, -0.25) is 4.79 Å². The maximum absolute atomic E-state index is 11.0. The Morgan fingerprint density at radius 3 is 2.65 bits per heavy atom. The Balaban J connectivity index is 1.98. The number of amides is 1. The molecule has 17 heavy (non-hydrogen) atoms. The minimum absolute atomic E-state index is 0.0411. The SMILES string of the molecule is CC(Cl)c1nnc(N2CCC(C(N)=O)CC2)o1. The van der Waals surface area contributed by atoms with Crippen molar-refractivity contribution in [2.45, 2.75) is 25.1 Å². The first kappa shape index (κ1) is 12.2. The van der Waals surface area contributed by atoms with Crippen LogP contribution in [0.1, 0.15) is 31.0 Å². The Labute approximate surface area is 104 Å². The molecule has 1 unspecified atom stereocenters. The van der Waals surface area contributed by atoms with Crippen molar-refractivity contribution >= 4 is 23.5 Å². The molecule has 1 atom stereocenters. The van der Waals surface area contributed by atoms with Gasteiger partial charge < -0.3 is 15.1 Å². The minimum atomic E-state index is -0.292. The predicted molar refractivity (Wildman–Crippen MR) is 62.7 cm³/mol. The van der Waals surface area contributed by atoms with Crippen LogP contribution in [0.25, 0.3) is 0 Å². The second-order valence-electron chi connectivity index (χ2n) is 4.20. The summed E-state index contributed by atoms with van der Waals surface area (Å²) in [6, 6.07) is 0.468. The number of aromatic nitrogens is 2. The molecule has 94 valence electrons. The monoisotopic (exact) mass is 258 g/mol. The van der Waals surface area contributed by atoms with Crippen LogP contribution in [0.4, 0.5) is 6.01 Å². The van der Waals surface area contributed by atoms with E-state index in [1.54, 1.807) is 6.92 Å². The van der Waals surface area contributed by atoms with Crippen molar-refractivity contribution in [1.29, 1.82) is 0 Å². The Kier molecular flexibility index (Phi) is 3.51.